The van der Waals surface area contributed by atoms with Gasteiger partial charge in [-0.2, -0.15) is 0 Å². The number of aromatic nitrogens is 1. The molecule has 19 heavy (non-hydrogen) atoms. The van der Waals surface area contributed by atoms with Crippen LogP contribution in [0, 0.1) is 0 Å². The van der Waals surface area contributed by atoms with Crippen LogP contribution in [0.2, 0.25) is 0 Å². The monoisotopic (exact) mass is 282 g/mol. The molecule has 2 N–H and O–H groups in total. The molecule has 0 fully saturated rings. The fraction of sp³-hybridized carbons (Fsp3) is 0.385. The molecule has 2 aromatic rings. The molecule has 1 aromatic carbocycles. The van der Waals surface area contributed by atoms with Crippen LogP contribution in [0.3, 0.4) is 0 Å². The highest BCUT2D eigenvalue weighted by molar-refractivity contribution is 7.89. The molecular weight excluding hydrogens is 264 g/mol. The van der Waals surface area contributed by atoms with Crippen LogP contribution in [0.25, 0.3) is 10.9 Å². The van der Waals surface area contributed by atoms with Crippen LogP contribution >= 0.6 is 0 Å². The van der Waals surface area contributed by atoms with Crippen molar-refractivity contribution in [2.24, 2.45) is 0 Å². The van der Waals surface area contributed by atoms with Crippen molar-refractivity contribution >= 4 is 20.9 Å². The highest BCUT2D eigenvalue weighted by atomic mass is 32.2. The molecule has 0 aliphatic rings. The zero-order valence-corrected chi connectivity index (χ0v) is 11.7. The maximum Gasteiger partial charge on any atom is 0.213 e. The van der Waals surface area contributed by atoms with Crippen LogP contribution in [0.15, 0.2) is 30.5 Å². The highest BCUT2D eigenvalue weighted by Crippen LogP contribution is 2.17. The van der Waals surface area contributed by atoms with Gasteiger partial charge in [0.1, 0.15) is 0 Å². The zero-order chi connectivity index (χ0) is 13.7. The van der Waals surface area contributed by atoms with Crippen molar-refractivity contribution in [2.45, 2.75) is 6.42 Å². The van der Waals surface area contributed by atoms with Gasteiger partial charge in [0.2, 0.25) is 10.0 Å². The minimum absolute atomic E-state index is 0.00259. The molecule has 0 bridgehead atoms. The van der Waals surface area contributed by atoms with Crippen LogP contribution < -0.4 is 4.72 Å². The van der Waals surface area contributed by atoms with E-state index in [1.54, 1.807) is 0 Å². The van der Waals surface area contributed by atoms with E-state index in [9.17, 15) is 8.42 Å². The number of ether oxygens (including phenoxy) is 1. The molecule has 5 nitrogen and oxygen atoms in total. The van der Waals surface area contributed by atoms with Gasteiger partial charge in [-0.15, -0.1) is 0 Å². The average molecular weight is 282 g/mol. The summed E-state index contributed by atoms with van der Waals surface area (Å²) in [7, 11) is -1.75. The SMILES string of the molecule is COCCS(=O)(=O)NCCc1c[nH]c2ccccc12. The quantitative estimate of drug-likeness (QED) is 0.803. The van der Waals surface area contributed by atoms with Crippen LogP contribution in [0.1, 0.15) is 5.56 Å². The Bertz CT molecular complexity index is 634. The molecule has 6 heteroatoms. The summed E-state index contributed by atoms with van der Waals surface area (Å²) in [6.45, 7) is 0.607. The smallest absolute Gasteiger partial charge is 0.213 e. The molecule has 0 saturated heterocycles. The Labute approximate surface area is 113 Å². The lowest BCUT2D eigenvalue weighted by Crippen LogP contribution is -2.29. The molecule has 0 spiro atoms. The number of hydrogen-bond donors (Lipinski definition) is 2. The number of methoxy groups -OCH3 is 1. The van der Waals surface area contributed by atoms with Crippen molar-refractivity contribution < 1.29 is 13.2 Å². The van der Waals surface area contributed by atoms with Crippen molar-refractivity contribution in [3.05, 3.63) is 36.0 Å². The predicted octanol–water partition coefficient (Wildman–Crippen LogP) is 1.28. The van der Waals surface area contributed by atoms with Gasteiger partial charge in [0.05, 0.1) is 12.4 Å². The van der Waals surface area contributed by atoms with Crippen LogP contribution in [-0.4, -0.2) is 39.4 Å². The number of H-pyrrole nitrogens is 1. The number of nitrogens with one attached hydrogen (secondary N) is 2. The van der Waals surface area contributed by atoms with Gasteiger partial charge in [0.25, 0.3) is 0 Å². The van der Waals surface area contributed by atoms with Crippen molar-refractivity contribution in [1.29, 1.82) is 0 Å². The minimum Gasteiger partial charge on any atom is -0.384 e. The van der Waals surface area contributed by atoms with Gasteiger partial charge in [-0.3, -0.25) is 0 Å². The van der Waals surface area contributed by atoms with E-state index in [0.29, 0.717) is 13.0 Å². The van der Waals surface area contributed by atoms with Gasteiger partial charge in [0, 0.05) is 30.8 Å². The molecule has 0 unspecified atom stereocenters. The summed E-state index contributed by atoms with van der Waals surface area (Å²) in [5.41, 5.74) is 2.18. The Morgan fingerprint density at radius 3 is 2.89 bits per heavy atom. The molecule has 2 rings (SSSR count). The number of aromatic amines is 1. The third kappa shape index (κ3) is 3.79. The van der Waals surface area contributed by atoms with E-state index in [1.165, 1.54) is 7.11 Å². The third-order valence-electron chi connectivity index (χ3n) is 2.95. The topological polar surface area (TPSA) is 71.2 Å². The first-order chi connectivity index (χ1) is 9.12. The van der Waals surface area contributed by atoms with Crippen LogP contribution in [0.5, 0.6) is 0 Å². The first kappa shape index (κ1) is 14.0. The summed E-state index contributed by atoms with van der Waals surface area (Å²) < 4.78 is 30.5. The Morgan fingerprint density at radius 2 is 2.11 bits per heavy atom. The Hall–Kier alpha value is -1.37. The number of fused-ring (bicyclic) bond motifs is 1. The molecule has 0 amide bonds. The molecule has 1 aromatic heterocycles. The number of para-hydroxylation sites is 1. The summed E-state index contributed by atoms with van der Waals surface area (Å²) in [5, 5.41) is 1.14. The lowest BCUT2D eigenvalue weighted by Gasteiger charge is -2.05. The Balaban J connectivity index is 1.93. The standard InChI is InChI=1S/C13H18N2O3S/c1-18-8-9-19(16,17)15-7-6-11-10-14-13-5-3-2-4-12(11)13/h2-5,10,14-15H,6-9H2,1H3. The zero-order valence-electron chi connectivity index (χ0n) is 10.8. The summed E-state index contributed by atoms with van der Waals surface area (Å²) in [6.07, 6.45) is 2.59. The lowest BCUT2D eigenvalue weighted by atomic mass is 10.1. The molecule has 104 valence electrons. The van der Waals surface area contributed by atoms with E-state index in [-0.39, 0.29) is 12.4 Å². The Kier molecular flexibility index (Phi) is 4.57. The lowest BCUT2D eigenvalue weighted by molar-refractivity contribution is 0.217. The van der Waals surface area contributed by atoms with Gasteiger partial charge in [-0.05, 0) is 18.1 Å². The Morgan fingerprint density at radius 1 is 1.32 bits per heavy atom. The molecule has 0 saturated carbocycles. The van der Waals surface area contributed by atoms with Gasteiger partial charge in [0.15, 0.2) is 0 Å². The van der Waals surface area contributed by atoms with Crippen molar-refractivity contribution in [3.63, 3.8) is 0 Å². The maximum atomic E-state index is 11.6. The second kappa shape index (κ2) is 6.18. The largest absolute Gasteiger partial charge is 0.384 e. The number of benzene rings is 1. The van der Waals surface area contributed by atoms with Gasteiger partial charge < -0.3 is 9.72 Å². The minimum atomic E-state index is -3.24. The summed E-state index contributed by atoms with van der Waals surface area (Å²) >= 11 is 0. The molecular formula is C13H18N2O3S. The van der Waals surface area contributed by atoms with E-state index in [0.717, 1.165) is 16.5 Å². The maximum absolute atomic E-state index is 11.6. The van der Waals surface area contributed by atoms with Crippen molar-refractivity contribution in [2.75, 3.05) is 26.0 Å². The highest BCUT2D eigenvalue weighted by Gasteiger charge is 2.09. The van der Waals surface area contributed by atoms with E-state index in [1.807, 2.05) is 30.5 Å². The predicted molar refractivity (Wildman–Crippen MR) is 75.7 cm³/mol. The molecule has 0 radical (unpaired) electrons. The van der Waals surface area contributed by atoms with E-state index in [2.05, 4.69) is 9.71 Å². The number of rotatable bonds is 7. The first-order valence-electron chi connectivity index (χ1n) is 6.13. The van der Waals surface area contributed by atoms with Crippen LogP contribution in [-0.2, 0) is 21.2 Å². The van der Waals surface area contributed by atoms with E-state index < -0.39 is 10.0 Å². The second-order valence-electron chi connectivity index (χ2n) is 4.32. The summed E-state index contributed by atoms with van der Waals surface area (Å²) in [4.78, 5) is 3.17. The van der Waals surface area contributed by atoms with E-state index >= 15 is 0 Å². The third-order valence-corrected chi connectivity index (χ3v) is 4.30. The van der Waals surface area contributed by atoms with Crippen molar-refractivity contribution in [1.82, 2.24) is 9.71 Å². The van der Waals surface area contributed by atoms with Crippen molar-refractivity contribution in [3.8, 4) is 0 Å². The van der Waals surface area contributed by atoms with Gasteiger partial charge in [-0.25, -0.2) is 13.1 Å². The summed E-state index contributed by atoms with van der Waals surface area (Å²) in [5.74, 6) is -0.00259. The molecule has 1 heterocycles. The fourth-order valence-electron chi connectivity index (χ4n) is 1.94. The van der Waals surface area contributed by atoms with Crippen LogP contribution in [0.4, 0.5) is 0 Å². The summed E-state index contributed by atoms with van der Waals surface area (Å²) in [6, 6.07) is 7.97. The normalized spacial score (nSPS) is 12.1. The average Bonchev–Trinajstić information content (AvgIpc) is 2.80. The number of sulfonamides is 1. The first-order valence-corrected chi connectivity index (χ1v) is 7.79. The molecule has 0 aliphatic carbocycles. The molecule has 0 atom stereocenters. The second-order valence-corrected chi connectivity index (χ2v) is 6.24. The number of hydrogen-bond acceptors (Lipinski definition) is 3. The molecule has 0 aliphatic heterocycles. The van der Waals surface area contributed by atoms with Gasteiger partial charge in [-0.1, -0.05) is 18.2 Å². The van der Waals surface area contributed by atoms with E-state index in [4.69, 9.17) is 4.74 Å². The fourth-order valence-corrected chi connectivity index (χ4v) is 2.89. The van der Waals surface area contributed by atoms with Gasteiger partial charge >= 0.3 is 0 Å².